The van der Waals surface area contributed by atoms with Crippen molar-refractivity contribution in [3.8, 4) is 0 Å². The summed E-state index contributed by atoms with van der Waals surface area (Å²) in [6.45, 7) is 4.60. The Morgan fingerprint density at radius 1 is 1.53 bits per heavy atom. The molecule has 2 heterocycles. The van der Waals surface area contributed by atoms with E-state index in [-0.39, 0.29) is 0 Å². The Balaban J connectivity index is 2.16. The third-order valence-electron chi connectivity index (χ3n) is 3.27. The van der Waals surface area contributed by atoms with Crippen molar-refractivity contribution >= 4 is 0 Å². The van der Waals surface area contributed by atoms with Gasteiger partial charge in [-0.3, -0.25) is 4.90 Å². The van der Waals surface area contributed by atoms with E-state index >= 15 is 0 Å². The molecule has 0 N–H and O–H groups in total. The van der Waals surface area contributed by atoms with Gasteiger partial charge in [0.2, 0.25) is 0 Å². The maximum Gasteiger partial charge on any atom is 0.173 e. The molecule has 1 saturated heterocycles. The maximum absolute atomic E-state index is 2.46. The summed E-state index contributed by atoms with van der Waals surface area (Å²) in [4.78, 5) is 2.46. The molecule has 0 spiro atoms. The highest BCUT2D eigenvalue weighted by Crippen LogP contribution is 2.29. The summed E-state index contributed by atoms with van der Waals surface area (Å²) < 4.78 is 2.31. The van der Waals surface area contributed by atoms with E-state index in [4.69, 9.17) is 0 Å². The molecule has 0 saturated carbocycles. The lowest BCUT2D eigenvalue weighted by atomic mass is 10.1. The maximum atomic E-state index is 2.46. The third kappa shape index (κ3) is 2.37. The van der Waals surface area contributed by atoms with Crippen LogP contribution in [0.5, 0.6) is 0 Å². The first kappa shape index (κ1) is 10.6. The minimum absolute atomic E-state index is 0.648. The lowest BCUT2D eigenvalue weighted by Gasteiger charge is -2.18. The number of aromatic nitrogens is 1. The molecule has 0 bridgehead atoms. The van der Waals surface area contributed by atoms with Gasteiger partial charge in [0, 0.05) is 24.1 Å². The topological polar surface area (TPSA) is 7.12 Å². The summed E-state index contributed by atoms with van der Waals surface area (Å²) in [6, 6.07) is 5.09. The van der Waals surface area contributed by atoms with Gasteiger partial charge in [-0.15, -0.1) is 0 Å². The van der Waals surface area contributed by atoms with E-state index in [1.807, 2.05) is 0 Å². The van der Waals surface area contributed by atoms with Gasteiger partial charge < -0.3 is 0 Å². The quantitative estimate of drug-likeness (QED) is 0.686. The lowest BCUT2D eigenvalue weighted by molar-refractivity contribution is -0.697. The number of pyridine rings is 1. The van der Waals surface area contributed by atoms with Crippen LogP contribution in [0.25, 0.3) is 0 Å². The Morgan fingerprint density at radius 3 is 3.07 bits per heavy atom. The highest BCUT2D eigenvalue weighted by Gasteiger charge is 2.24. The fourth-order valence-electron chi connectivity index (χ4n) is 2.47. The normalized spacial score (nSPS) is 22.1. The predicted molar refractivity (Wildman–Crippen MR) is 61.5 cm³/mol. The Bertz CT molecular complexity index is 322. The zero-order valence-electron chi connectivity index (χ0n) is 9.82. The summed E-state index contributed by atoms with van der Waals surface area (Å²) in [5.41, 5.74) is 1.48. The van der Waals surface area contributed by atoms with Crippen LogP contribution in [0.2, 0.25) is 0 Å². The first-order valence-corrected chi connectivity index (χ1v) is 6.00. The van der Waals surface area contributed by atoms with Crippen LogP contribution < -0.4 is 4.57 Å². The standard InChI is InChI=1S/C13H21N2/c1-3-8-15-10-4-6-12(11-15)13-7-5-9-14(13)2/h4,6,10-11,13H,3,5,7-9H2,1-2H3/q+1/t13-/m0/s1. The van der Waals surface area contributed by atoms with E-state index < -0.39 is 0 Å². The molecule has 0 aromatic carbocycles. The molecule has 1 aromatic rings. The molecule has 82 valence electrons. The second kappa shape index (κ2) is 4.75. The molecule has 1 atom stereocenters. The highest BCUT2D eigenvalue weighted by atomic mass is 15.1. The van der Waals surface area contributed by atoms with Crippen LogP contribution in [0, 0.1) is 0 Å². The van der Waals surface area contributed by atoms with Crippen molar-refractivity contribution in [2.24, 2.45) is 0 Å². The molecule has 2 heteroatoms. The van der Waals surface area contributed by atoms with Gasteiger partial charge in [0.05, 0.1) is 0 Å². The molecule has 2 rings (SSSR count). The molecule has 0 aliphatic carbocycles. The molecule has 0 radical (unpaired) electrons. The van der Waals surface area contributed by atoms with Crippen molar-refractivity contribution in [2.45, 2.75) is 38.8 Å². The Kier molecular flexibility index (Phi) is 3.37. The Labute approximate surface area is 92.5 Å². The number of aryl methyl sites for hydroxylation is 1. The van der Waals surface area contributed by atoms with E-state index in [1.54, 1.807) is 0 Å². The largest absolute Gasteiger partial charge is 0.299 e. The molecule has 15 heavy (non-hydrogen) atoms. The summed E-state index contributed by atoms with van der Waals surface area (Å²) in [5.74, 6) is 0. The van der Waals surface area contributed by atoms with E-state index in [2.05, 4.69) is 48.0 Å². The minimum Gasteiger partial charge on any atom is -0.299 e. The zero-order chi connectivity index (χ0) is 10.7. The van der Waals surface area contributed by atoms with Crippen LogP contribution in [0.15, 0.2) is 24.5 Å². The first-order valence-electron chi connectivity index (χ1n) is 6.00. The molecular formula is C13H21N2+. The van der Waals surface area contributed by atoms with Gasteiger partial charge in [-0.1, -0.05) is 6.92 Å². The number of rotatable bonds is 3. The highest BCUT2D eigenvalue weighted by molar-refractivity contribution is 5.12. The predicted octanol–water partition coefficient (Wildman–Crippen LogP) is 2.15. The lowest BCUT2D eigenvalue weighted by Crippen LogP contribution is -2.33. The molecule has 1 aromatic heterocycles. The first-order chi connectivity index (χ1) is 7.31. The number of hydrogen-bond donors (Lipinski definition) is 0. The average Bonchev–Trinajstić information content (AvgIpc) is 2.65. The smallest absolute Gasteiger partial charge is 0.173 e. The van der Waals surface area contributed by atoms with Crippen LogP contribution in [0.4, 0.5) is 0 Å². The van der Waals surface area contributed by atoms with Gasteiger partial charge in [-0.05, 0) is 32.5 Å². The van der Waals surface area contributed by atoms with Crippen molar-refractivity contribution in [3.05, 3.63) is 30.1 Å². The number of likely N-dealkylation sites (tertiary alicyclic amines) is 1. The summed E-state index contributed by atoms with van der Waals surface area (Å²) in [5, 5.41) is 0. The van der Waals surface area contributed by atoms with Gasteiger partial charge >= 0.3 is 0 Å². The monoisotopic (exact) mass is 205 g/mol. The zero-order valence-corrected chi connectivity index (χ0v) is 9.82. The average molecular weight is 205 g/mol. The van der Waals surface area contributed by atoms with Crippen molar-refractivity contribution in [3.63, 3.8) is 0 Å². The fraction of sp³-hybridized carbons (Fsp3) is 0.615. The Morgan fingerprint density at radius 2 is 2.40 bits per heavy atom. The van der Waals surface area contributed by atoms with Crippen molar-refractivity contribution in [2.75, 3.05) is 13.6 Å². The van der Waals surface area contributed by atoms with E-state index in [9.17, 15) is 0 Å². The molecule has 1 fully saturated rings. The fourth-order valence-corrected chi connectivity index (χ4v) is 2.47. The van der Waals surface area contributed by atoms with Crippen molar-refractivity contribution < 1.29 is 4.57 Å². The number of nitrogens with zero attached hydrogens (tertiary/aromatic N) is 2. The van der Waals surface area contributed by atoms with E-state index in [0.29, 0.717) is 6.04 Å². The van der Waals surface area contributed by atoms with Crippen LogP contribution in [-0.2, 0) is 6.54 Å². The second-order valence-electron chi connectivity index (χ2n) is 4.51. The van der Waals surface area contributed by atoms with Crippen LogP contribution >= 0.6 is 0 Å². The van der Waals surface area contributed by atoms with Gasteiger partial charge in [-0.25, -0.2) is 4.57 Å². The van der Waals surface area contributed by atoms with E-state index in [0.717, 1.165) is 6.54 Å². The van der Waals surface area contributed by atoms with Gasteiger partial charge in [0.25, 0.3) is 0 Å². The third-order valence-corrected chi connectivity index (χ3v) is 3.27. The van der Waals surface area contributed by atoms with Crippen molar-refractivity contribution in [1.29, 1.82) is 0 Å². The summed E-state index contributed by atoms with van der Waals surface area (Å²) >= 11 is 0. The van der Waals surface area contributed by atoms with Crippen LogP contribution in [-0.4, -0.2) is 18.5 Å². The van der Waals surface area contributed by atoms with Gasteiger partial charge in [0.1, 0.15) is 6.54 Å². The summed E-state index contributed by atoms with van der Waals surface area (Å²) in [6.07, 6.45) is 8.34. The minimum atomic E-state index is 0.648. The number of hydrogen-bond acceptors (Lipinski definition) is 1. The summed E-state index contributed by atoms with van der Waals surface area (Å²) in [7, 11) is 2.23. The Hall–Kier alpha value is -0.890. The van der Waals surface area contributed by atoms with Gasteiger partial charge in [-0.2, -0.15) is 0 Å². The molecule has 1 aliphatic rings. The van der Waals surface area contributed by atoms with Crippen LogP contribution in [0.3, 0.4) is 0 Å². The molecule has 2 nitrogen and oxygen atoms in total. The molecular weight excluding hydrogens is 184 g/mol. The SMILES string of the molecule is CCC[n+]1cccc([C@@H]2CCCN2C)c1. The van der Waals surface area contributed by atoms with Crippen molar-refractivity contribution in [1.82, 2.24) is 4.90 Å². The molecule has 0 amide bonds. The molecule has 0 unspecified atom stereocenters. The molecule has 1 aliphatic heterocycles. The second-order valence-corrected chi connectivity index (χ2v) is 4.51. The van der Waals surface area contributed by atoms with Crippen LogP contribution in [0.1, 0.15) is 37.8 Å². The van der Waals surface area contributed by atoms with E-state index in [1.165, 1.54) is 31.4 Å². The van der Waals surface area contributed by atoms with Gasteiger partial charge in [0.15, 0.2) is 12.4 Å².